The molecule has 0 spiro atoms. The van der Waals surface area contributed by atoms with Crippen molar-refractivity contribution in [1.29, 1.82) is 0 Å². The molecule has 41 heavy (non-hydrogen) atoms. The summed E-state index contributed by atoms with van der Waals surface area (Å²) in [7, 11) is 8.40. The van der Waals surface area contributed by atoms with Crippen LogP contribution in [0.1, 0.15) is 136 Å². The third-order valence-corrected chi connectivity index (χ3v) is 14.9. The van der Waals surface area contributed by atoms with E-state index in [9.17, 15) is 0 Å². The first-order valence-electron chi connectivity index (χ1n) is 14.9. The molecule has 0 atom stereocenters. The first-order valence-corrected chi connectivity index (χ1v) is 21.9. The van der Waals surface area contributed by atoms with E-state index in [1.54, 1.807) is 10.6 Å². The summed E-state index contributed by atoms with van der Waals surface area (Å²) >= 11 is -0.106. The summed E-state index contributed by atoms with van der Waals surface area (Å²) in [5.74, 6) is 0. The number of rotatable bonds is 2. The minimum absolute atomic E-state index is 0.106. The first-order chi connectivity index (χ1) is 18.1. The number of hydrogen-bond acceptors (Lipinski definition) is 0. The molecule has 2 aromatic rings. The predicted molar refractivity (Wildman–Crippen MR) is 197 cm³/mol. The van der Waals surface area contributed by atoms with Gasteiger partial charge in [0, 0.05) is 15.8 Å². The molecule has 0 unspecified atom stereocenters. The maximum absolute atomic E-state index is 4.81. The van der Waals surface area contributed by atoms with E-state index in [1.807, 2.05) is 0 Å². The Morgan fingerprint density at radius 1 is 0.390 bits per heavy atom. The summed E-state index contributed by atoms with van der Waals surface area (Å²) in [6.45, 7) is 42.4. The van der Waals surface area contributed by atoms with Gasteiger partial charge in [0.15, 0.2) is 0 Å². The van der Waals surface area contributed by atoms with Crippen LogP contribution in [0.3, 0.4) is 0 Å². The van der Waals surface area contributed by atoms with Crippen LogP contribution in [0.2, 0.25) is 0 Å². The molecular weight excluding hydrogens is 672 g/mol. The molecule has 0 nitrogen and oxygen atoms in total. The van der Waals surface area contributed by atoms with Gasteiger partial charge in [0.2, 0.25) is 0 Å². The van der Waals surface area contributed by atoms with Crippen LogP contribution in [0.15, 0.2) is 48.5 Å². The number of halogens is 2. The number of benzene rings is 2. The molecule has 0 fully saturated rings. The quantitative estimate of drug-likeness (QED) is 0.213. The fourth-order valence-corrected chi connectivity index (χ4v) is 15.2. The molecule has 0 aliphatic carbocycles. The fourth-order valence-electron chi connectivity index (χ4n) is 6.26. The topological polar surface area (TPSA) is 0 Å². The molecule has 2 aromatic carbocycles. The minimum atomic E-state index is -0.615. The molecule has 0 aliphatic heterocycles. The Labute approximate surface area is 275 Å². The SMILES string of the molecule is CC(C)(C)c1ccc([PH+](C(C)(C)C)C(C)(C)C)cc1.CC(C)(C)c1ccc([PH+](C(C)(C)C)C(C)(C)C)cc1.[Cl][Pd][Cl]. The van der Waals surface area contributed by atoms with Gasteiger partial charge in [-0.1, -0.05) is 65.8 Å². The summed E-state index contributed by atoms with van der Waals surface area (Å²) in [5, 5.41) is 4.66. The maximum atomic E-state index is 4.81. The van der Waals surface area contributed by atoms with E-state index in [0.29, 0.717) is 20.6 Å². The molecule has 0 radical (unpaired) electrons. The average Bonchev–Trinajstić information content (AvgIpc) is 2.70. The van der Waals surface area contributed by atoms with E-state index in [1.165, 1.54) is 11.1 Å². The molecule has 0 heterocycles. The average molecular weight is 736 g/mol. The van der Waals surface area contributed by atoms with E-state index < -0.39 is 15.8 Å². The van der Waals surface area contributed by atoms with Crippen LogP contribution < -0.4 is 10.6 Å². The van der Waals surface area contributed by atoms with Gasteiger partial charge >= 0.3 is 35.0 Å². The van der Waals surface area contributed by atoms with Crippen molar-refractivity contribution >= 4 is 45.5 Å². The van der Waals surface area contributed by atoms with E-state index >= 15 is 0 Å². The van der Waals surface area contributed by atoms with E-state index in [-0.39, 0.29) is 26.8 Å². The van der Waals surface area contributed by atoms with Crippen molar-refractivity contribution in [2.45, 2.75) is 156 Å². The van der Waals surface area contributed by atoms with E-state index in [4.69, 9.17) is 19.1 Å². The van der Waals surface area contributed by atoms with E-state index in [0.717, 1.165) is 0 Å². The van der Waals surface area contributed by atoms with Gasteiger partial charge < -0.3 is 0 Å². The van der Waals surface area contributed by atoms with Gasteiger partial charge in [-0.3, -0.25) is 0 Å². The summed E-state index contributed by atoms with van der Waals surface area (Å²) in [4.78, 5) is 0. The molecule has 0 amide bonds. The monoisotopic (exact) mass is 734 g/mol. The molecule has 2 rings (SSSR count). The first kappa shape index (κ1) is 41.5. The van der Waals surface area contributed by atoms with Crippen molar-refractivity contribution in [2.75, 3.05) is 0 Å². The Morgan fingerprint density at radius 3 is 0.683 bits per heavy atom. The molecule has 0 bridgehead atoms. The van der Waals surface area contributed by atoms with Crippen LogP contribution >= 0.6 is 34.9 Å². The van der Waals surface area contributed by atoms with Crippen molar-refractivity contribution < 1.29 is 15.9 Å². The molecule has 0 aromatic heterocycles. The van der Waals surface area contributed by atoms with Gasteiger partial charge in [0.1, 0.15) is 0 Å². The van der Waals surface area contributed by atoms with Gasteiger partial charge in [-0.25, -0.2) is 0 Å². The molecule has 0 saturated carbocycles. The zero-order valence-electron chi connectivity index (χ0n) is 29.7. The molecule has 0 N–H and O–H groups in total. The second-order valence-corrected chi connectivity index (χ2v) is 28.5. The van der Waals surface area contributed by atoms with Crippen LogP contribution in [0, 0.1) is 0 Å². The second kappa shape index (κ2) is 15.7. The Balaban J connectivity index is 0.000000712. The van der Waals surface area contributed by atoms with Crippen molar-refractivity contribution in [3.05, 3.63) is 59.7 Å². The normalized spacial score (nSPS) is 13.5. The van der Waals surface area contributed by atoms with Crippen LogP contribution in [-0.4, -0.2) is 20.6 Å². The fraction of sp³-hybridized carbons (Fsp3) is 0.667. The van der Waals surface area contributed by atoms with Crippen LogP contribution in [0.25, 0.3) is 0 Å². The van der Waals surface area contributed by atoms with Gasteiger partial charge in [-0.2, -0.15) is 0 Å². The van der Waals surface area contributed by atoms with Crippen LogP contribution in [0.4, 0.5) is 0 Å². The van der Waals surface area contributed by atoms with Gasteiger partial charge in [0.05, 0.1) is 31.2 Å². The second-order valence-electron chi connectivity index (χ2n) is 17.4. The van der Waals surface area contributed by atoms with Crippen molar-refractivity contribution in [1.82, 2.24) is 0 Å². The van der Waals surface area contributed by atoms with Gasteiger partial charge in [-0.05, 0) is 129 Å². The summed E-state index contributed by atoms with van der Waals surface area (Å²) in [6.07, 6.45) is 0. The van der Waals surface area contributed by atoms with Crippen LogP contribution in [-0.2, 0) is 26.8 Å². The van der Waals surface area contributed by atoms with Crippen molar-refractivity contribution in [2.24, 2.45) is 0 Å². The summed E-state index contributed by atoms with van der Waals surface area (Å²) in [6, 6.07) is 18.8. The predicted octanol–water partition coefficient (Wildman–Crippen LogP) is 12.2. The van der Waals surface area contributed by atoms with Crippen molar-refractivity contribution in [3.8, 4) is 0 Å². The summed E-state index contributed by atoms with van der Waals surface area (Å²) < 4.78 is 0. The summed E-state index contributed by atoms with van der Waals surface area (Å²) in [5.41, 5.74) is 3.35. The Hall–Kier alpha value is 0.542. The Bertz CT molecular complexity index is 905. The third-order valence-electron chi connectivity index (χ3n) is 7.08. The van der Waals surface area contributed by atoms with Crippen LogP contribution in [0.5, 0.6) is 0 Å². The van der Waals surface area contributed by atoms with E-state index in [2.05, 4.69) is 173 Å². The Morgan fingerprint density at radius 2 is 0.561 bits per heavy atom. The molecule has 0 aliphatic rings. The van der Waals surface area contributed by atoms with Crippen molar-refractivity contribution in [3.63, 3.8) is 0 Å². The third kappa shape index (κ3) is 14.5. The zero-order valence-corrected chi connectivity index (χ0v) is 34.8. The van der Waals surface area contributed by atoms with Gasteiger partial charge in [0.25, 0.3) is 0 Å². The molecule has 0 saturated heterocycles. The zero-order chi connectivity index (χ0) is 32.8. The standard InChI is InChI=1S/2C18H31P.2ClH.Pd/c2*1-16(2,3)14-10-12-15(13-11-14)19(17(4,5)6)18(7,8)9;;;/h2*10-13H,1-9H3;2*1H;/q;;;;+2. The molecule has 5 heteroatoms. The number of hydrogen-bond donors (Lipinski definition) is 0. The molecule has 240 valence electrons. The Kier molecular flexibility index (Phi) is 15.9. The molecular formula is C36H64Cl2P2Pd+2. The van der Waals surface area contributed by atoms with Gasteiger partial charge in [-0.15, -0.1) is 0 Å².